The van der Waals surface area contributed by atoms with Crippen LogP contribution in [0.3, 0.4) is 0 Å². The van der Waals surface area contributed by atoms with Crippen LogP contribution in [-0.2, 0) is 0 Å². The van der Waals surface area contributed by atoms with E-state index in [0.717, 1.165) is 5.56 Å². The Kier molecular flexibility index (Phi) is 5.91. The van der Waals surface area contributed by atoms with Gasteiger partial charge in [-0.25, -0.2) is 4.98 Å². The van der Waals surface area contributed by atoms with E-state index in [9.17, 15) is 9.90 Å². The number of nitrogens with zero attached hydrogens (tertiary/aromatic N) is 1. The molecule has 1 aromatic heterocycles. The molecule has 0 aliphatic heterocycles. The Hall–Kier alpha value is -2.40. The van der Waals surface area contributed by atoms with Crippen molar-refractivity contribution in [2.45, 2.75) is 19.4 Å². The zero-order valence-electron chi connectivity index (χ0n) is 12.5. The molecule has 1 aromatic carbocycles. The average molecular weight is 300 g/mol. The first kappa shape index (κ1) is 16.0. The average Bonchev–Trinajstić information content (AvgIpc) is 2.56. The Morgan fingerprint density at radius 2 is 2.05 bits per heavy atom. The minimum absolute atomic E-state index is 0.00136. The van der Waals surface area contributed by atoms with E-state index in [1.807, 2.05) is 37.3 Å². The van der Waals surface area contributed by atoms with Crippen molar-refractivity contribution in [2.75, 3.05) is 13.2 Å². The summed E-state index contributed by atoms with van der Waals surface area (Å²) in [5.74, 6) is 0.270. The topological polar surface area (TPSA) is 71.5 Å². The van der Waals surface area contributed by atoms with Crippen molar-refractivity contribution in [2.24, 2.45) is 0 Å². The van der Waals surface area contributed by atoms with Crippen molar-refractivity contribution in [1.82, 2.24) is 10.3 Å². The molecule has 5 nitrogen and oxygen atoms in total. The number of aliphatic hydroxyl groups excluding tert-OH is 1. The molecule has 116 valence electrons. The second-order valence-corrected chi connectivity index (χ2v) is 4.77. The predicted octanol–water partition coefficient (Wildman–Crippen LogP) is 2.33. The van der Waals surface area contributed by atoms with E-state index in [-0.39, 0.29) is 18.6 Å². The van der Waals surface area contributed by atoms with Crippen molar-refractivity contribution in [3.05, 3.63) is 59.8 Å². The summed E-state index contributed by atoms with van der Waals surface area (Å²) in [5.41, 5.74) is 1.42. The molecule has 0 saturated carbocycles. The molecular weight excluding hydrogens is 280 g/mol. The van der Waals surface area contributed by atoms with Gasteiger partial charge >= 0.3 is 0 Å². The third-order valence-corrected chi connectivity index (χ3v) is 3.22. The van der Waals surface area contributed by atoms with E-state index in [1.165, 1.54) is 6.20 Å². The van der Waals surface area contributed by atoms with Gasteiger partial charge in [0.1, 0.15) is 0 Å². The zero-order chi connectivity index (χ0) is 15.8. The molecule has 1 unspecified atom stereocenters. The SMILES string of the molecule is CCOc1ccc(C(=O)NC(CCO)c2ccccc2)cn1. The van der Waals surface area contributed by atoms with Crippen molar-refractivity contribution < 1.29 is 14.6 Å². The van der Waals surface area contributed by atoms with E-state index in [1.54, 1.807) is 12.1 Å². The van der Waals surface area contributed by atoms with Gasteiger partial charge in [0.05, 0.1) is 18.2 Å². The standard InChI is InChI=1S/C17H20N2O3/c1-2-22-16-9-8-14(12-18-16)17(21)19-15(10-11-20)13-6-4-3-5-7-13/h3-9,12,15,20H,2,10-11H2,1H3,(H,19,21). The Bertz CT molecular complexity index is 585. The largest absolute Gasteiger partial charge is 0.478 e. The van der Waals surface area contributed by atoms with Crippen LogP contribution in [0.5, 0.6) is 5.88 Å². The van der Waals surface area contributed by atoms with Crippen LogP contribution in [0.15, 0.2) is 48.7 Å². The summed E-state index contributed by atoms with van der Waals surface area (Å²) in [5, 5.41) is 12.1. The maximum Gasteiger partial charge on any atom is 0.253 e. The number of carbonyl (C=O) groups excluding carboxylic acids is 1. The van der Waals surface area contributed by atoms with Crippen LogP contribution in [-0.4, -0.2) is 29.2 Å². The quantitative estimate of drug-likeness (QED) is 0.823. The molecule has 0 aliphatic carbocycles. The highest BCUT2D eigenvalue weighted by molar-refractivity contribution is 5.94. The lowest BCUT2D eigenvalue weighted by molar-refractivity contribution is 0.0929. The highest BCUT2D eigenvalue weighted by Crippen LogP contribution is 2.17. The number of hydrogen-bond donors (Lipinski definition) is 2. The summed E-state index contributed by atoms with van der Waals surface area (Å²) >= 11 is 0. The number of aromatic nitrogens is 1. The maximum absolute atomic E-state index is 12.3. The van der Waals surface area contributed by atoms with Crippen molar-refractivity contribution in [3.8, 4) is 5.88 Å². The third kappa shape index (κ3) is 4.30. The molecule has 2 rings (SSSR count). The van der Waals surface area contributed by atoms with E-state index in [2.05, 4.69) is 10.3 Å². The van der Waals surface area contributed by atoms with E-state index in [0.29, 0.717) is 24.5 Å². The smallest absolute Gasteiger partial charge is 0.253 e. The van der Waals surface area contributed by atoms with Crippen LogP contribution in [0, 0.1) is 0 Å². The van der Waals surface area contributed by atoms with Crippen LogP contribution in [0.25, 0.3) is 0 Å². The molecule has 0 saturated heterocycles. The first-order valence-electron chi connectivity index (χ1n) is 7.30. The van der Waals surface area contributed by atoms with Gasteiger partial charge in [0, 0.05) is 18.9 Å². The maximum atomic E-state index is 12.3. The van der Waals surface area contributed by atoms with Gasteiger partial charge < -0.3 is 15.2 Å². The number of rotatable bonds is 7. The lowest BCUT2D eigenvalue weighted by Crippen LogP contribution is -2.29. The summed E-state index contributed by atoms with van der Waals surface area (Å²) in [6.45, 7) is 2.41. The Morgan fingerprint density at radius 3 is 2.64 bits per heavy atom. The summed E-state index contributed by atoms with van der Waals surface area (Å²) < 4.78 is 5.25. The van der Waals surface area contributed by atoms with E-state index < -0.39 is 0 Å². The Morgan fingerprint density at radius 1 is 1.27 bits per heavy atom. The summed E-state index contributed by atoms with van der Waals surface area (Å²) in [6.07, 6.45) is 1.95. The number of hydrogen-bond acceptors (Lipinski definition) is 4. The molecular formula is C17H20N2O3. The van der Waals surface area contributed by atoms with Gasteiger partial charge in [-0.3, -0.25) is 4.79 Å². The van der Waals surface area contributed by atoms with Crippen LogP contribution in [0.1, 0.15) is 35.3 Å². The molecule has 0 bridgehead atoms. The number of ether oxygens (including phenoxy) is 1. The second-order valence-electron chi connectivity index (χ2n) is 4.77. The van der Waals surface area contributed by atoms with Gasteiger partial charge in [0.25, 0.3) is 5.91 Å². The molecule has 2 aromatic rings. The molecule has 1 heterocycles. The first-order chi connectivity index (χ1) is 10.7. The van der Waals surface area contributed by atoms with Crippen LogP contribution in [0.2, 0.25) is 0 Å². The summed E-state index contributed by atoms with van der Waals surface area (Å²) in [7, 11) is 0. The van der Waals surface area contributed by atoms with Gasteiger partial charge in [-0.15, -0.1) is 0 Å². The number of nitrogens with one attached hydrogen (secondary N) is 1. The van der Waals surface area contributed by atoms with Crippen molar-refractivity contribution >= 4 is 5.91 Å². The predicted molar refractivity (Wildman–Crippen MR) is 83.8 cm³/mol. The first-order valence-corrected chi connectivity index (χ1v) is 7.30. The summed E-state index contributed by atoms with van der Waals surface area (Å²) in [6, 6.07) is 12.7. The molecule has 0 aliphatic rings. The van der Waals surface area contributed by atoms with Crippen LogP contribution in [0.4, 0.5) is 0 Å². The number of carbonyl (C=O) groups is 1. The molecule has 0 radical (unpaired) electrons. The molecule has 1 amide bonds. The second kappa shape index (κ2) is 8.14. The zero-order valence-corrected chi connectivity index (χ0v) is 12.5. The fourth-order valence-electron chi connectivity index (χ4n) is 2.13. The Labute approximate surface area is 130 Å². The van der Waals surface area contributed by atoms with E-state index >= 15 is 0 Å². The number of aliphatic hydroxyl groups is 1. The monoisotopic (exact) mass is 300 g/mol. The van der Waals surface area contributed by atoms with Crippen LogP contribution >= 0.6 is 0 Å². The highest BCUT2D eigenvalue weighted by atomic mass is 16.5. The highest BCUT2D eigenvalue weighted by Gasteiger charge is 2.15. The molecule has 22 heavy (non-hydrogen) atoms. The van der Waals surface area contributed by atoms with Gasteiger partial charge in [-0.1, -0.05) is 30.3 Å². The van der Waals surface area contributed by atoms with Crippen LogP contribution < -0.4 is 10.1 Å². The summed E-state index contributed by atoms with van der Waals surface area (Å²) in [4.78, 5) is 16.4. The Balaban J connectivity index is 2.07. The molecule has 0 spiro atoms. The number of benzene rings is 1. The van der Waals surface area contributed by atoms with Gasteiger partial charge in [0.2, 0.25) is 5.88 Å². The normalized spacial score (nSPS) is 11.7. The third-order valence-electron chi connectivity index (χ3n) is 3.22. The van der Waals surface area contributed by atoms with Gasteiger partial charge in [0.15, 0.2) is 0 Å². The molecule has 2 N–H and O–H groups in total. The van der Waals surface area contributed by atoms with Crippen molar-refractivity contribution in [1.29, 1.82) is 0 Å². The van der Waals surface area contributed by atoms with E-state index in [4.69, 9.17) is 4.74 Å². The van der Waals surface area contributed by atoms with Gasteiger partial charge in [-0.05, 0) is 25.0 Å². The lowest BCUT2D eigenvalue weighted by atomic mass is 10.0. The fourth-order valence-corrected chi connectivity index (χ4v) is 2.13. The van der Waals surface area contributed by atoms with Gasteiger partial charge in [-0.2, -0.15) is 0 Å². The molecule has 1 atom stereocenters. The minimum atomic E-state index is -0.231. The molecule has 0 fully saturated rings. The molecule has 5 heteroatoms. The number of pyridine rings is 1. The minimum Gasteiger partial charge on any atom is -0.478 e. The van der Waals surface area contributed by atoms with Crippen molar-refractivity contribution in [3.63, 3.8) is 0 Å². The lowest BCUT2D eigenvalue weighted by Gasteiger charge is -2.18. The fraction of sp³-hybridized carbons (Fsp3) is 0.294. The number of amides is 1.